The topological polar surface area (TPSA) is 51.2 Å². The summed E-state index contributed by atoms with van der Waals surface area (Å²) in [5, 5.41) is 9.43. The highest BCUT2D eigenvalue weighted by atomic mass is 16.6. The monoisotopic (exact) mass is 216 g/mol. The van der Waals surface area contributed by atoms with Crippen molar-refractivity contribution in [2.45, 2.75) is 25.0 Å². The molecule has 1 aliphatic heterocycles. The summed E-state index contributed by atoms with van der Waals surface area (Å²) in [4.78, 5) is 0. The van der Waals surface area contributed by atoms with Gasteiger partial charge in [-0.15, -0.1) is 6.58 Å². The van der Waals surface area contributed by atoms with Crippen LogP contribution in [-0.4, -0.2) is 50.3 Å². The van der Waals surface area contributed by atoms with E-state index in [1.165, 1.54) is 0 Å². The minimum atomic E-state index is -0.535. The maximum Gasteiger partial charge on any atom is 0.104 e. The van der Waals surface area contributed by atoms with Gasteiger partial charge in [0, 0.05) is 6.61 Å². The first-order valence-electron chi connectivity index (χ1n) is 5.39. The van der Waals surface area contributed by atoms with E-state index in [9.17, 15) is 5.11 Å². The second-order valence-corrected chi connectivity index (χ2v) is 3.65. The molecule has 0 bridgehead atoms. The van der Waals surface area contributed by atoms with Crippen LogP contribution in [0, 0.1) is 0 Å². The molecule has 0 aromatic carbocycles. The third-order valence-corrected chi connectivity index (χ3v) is 2.02. The van der Waals surface area contributed by atoms with E-state index < -0.39 is 6.10 Å². The summed E-state index contributed by atoms with van der Waals surface area (Å²) < 4.78 is 15.5. The smallest absolute Gasteiger partial charge is 0.104 e. The van der Waals surface area contributed by atoms with Gasteiger partial charge in [-0.3, -0.25) is 0 Å². The lowest BCUT2D eigenvalue weighted by Gasteiger charge is -2.10. The first-order valence-corrected chi connectivity index (χ1v) is 5.39. The van der Waals surface area contributed by atoms with Crippen LogP contribution >= 0.6 is 0 Å². The van der Waals surface area contributed by atoms with E-state index in [4.69, 9.17) is 14.2 Å². The van der Waals surface area contributed by atoms with E-state index in [1.54, 1.807) is 0 Å². The molecule has 0 aliphatic carbocycles. The second kappa shape index (κ2) is 7.82. The minimum absolute atomic E-state index is 0.255. The van der Waals surface area contributed by atoms with Crippen LogP contribution in [0.3, 0.4) is 0 Å². The minimum Gasteiger partial charge on any atom is -0.388 e. The van der Waals surface area contributed by atoms with E-state index in [0.29, 0.717) is 26.4 Å². The molecule has 1 heterocycles. The largest absolute Gasteiger partial charge is 0.388 e. The first-order chi connectivity index (χ1) is 7.33. The molecule has 0 aromatic rings. The summed E-state index contributed by atoms with van der Waals surface area (Å²) in [5.74, 6) is 0. The van der Waals surface area contributed by atoms with Crippen molar-refractivity contribution in [1.82, 2.24) is 0 Å². The molecule has 88 valence electrons. The van der Waals surface area contributed by atoms with Crippen LogP contribution in [-0.2, 0) is 14.2 Å². The van der Waals surface area contributed by atoms with Crippen LogP contribution in [0.15, 0.2) is 12.7 Å². The molecular formula is C11H20O4. The fourth-order valence-electron chi connectivity index (χ4n) is 1.10. The van der Waals surface area contributed by atoms with Gasteiger partial charge >= 0.3 is 0 Å². The van der Waals surface area contributed by atoms with E-state index in [1.807, 2.05) is 6.08 Å². The van der Waals surface area contributed by atoms with Gasteiger partial charge in [-0.05, 0) is 12.8 Å². The summed E-state index contributed by atoms with van der Waals surface area (Å²) in [6, 6.07) is 0. The molecule has 0 radical (unpaired) electrons. The Bertz CT molecular complexity index is 168. The zero-order valence-corrected chi connectivity index (χ0v) is 9.06. The number of epoxide rings is 1. The van der Waals surface area contributed by atoms with Gasteiger partial charge in [-0.25, -0.2) is 0 Å². The zero-order valence-electron chi connectivity index (χ0n) is 9.06. The number of allylic oxidation sites excluding steroid dienone is 1. The fraction of sp³-hybridized carbons (Fsp3) is 0.818. The van der Waals surface area contributed by atoms with Crippen molar-refractivity contribution in [2.75, 3.05) is 33.0 Å². The Morgan fingerprint density at radius 2 is 2.20 bits per heavy atom. The lowest BCUT2D eigenvalue weighted by Crippen LogP contribution is -2.23. The highest BCUT2D eigenvalue weighted by molar-refractivity contribution is 4.68. The summed E-state index contributed by atoms with van der Waals surface area (Å²) >= 11 is 0. The molecule has 1 saturated heterocycles. The number of hydrogen-bond donors (Lipinski definition) is 1. The van der Waals surface area contributed by atoms with Gasteiger partial charge in [0.2, 0.25) is 0 Å². The van der Waals surface area contributed by atoms with Crippen molar-refractivity contribution < 1.29 is 19.3 Å². The Morgan fingerprint density at radius 3 is 2.87 bits per heavy atom. The van der Waals surface area contributed by atoms with Gasteiger partial charge in [0.25, 0.3) is 0 Å². The maximum atomic E-state index is 9.43. The lowest BCUT2D eigenvalue weighted by molar-refractivity contribution is -0.0216. The van der Waals surface area contributed by atoms with Crippen molar-refractivity contribution in [3.63, 3.8) is 0 Å². The SMILES string of the molecule is C=CCCCOCC(O)COCC1CO1. The third-order valence-electron chi connectivity index (χ3n) is 2.02. The molecule has 4 nitrogen and oxygen atoms in total. The maximum absolute atomic E-state index is 9.43. The highest BCUT2D eigenvalue weighted by Gasteiger charge is 2.22. The van der Waals surface area contributed by atoms with Crippen molar-refractivity contribution in [3.05, 3.63) is 12.7 Å². The van der Waals surface area contributed by atoms with E-state index in [0.717, 1.165) is 19.4 Å². The molecule has 0 saturated carbocycles. The standard InChI is InChI=1S/C11H20O4/c1-2-3-4-5-13-6-10(12)7-14-8-11-9-15-11/h2,10-12H,1,3-9H2. The first kappa shape index (κ1) is 12.6. The third kappa shape index (κ3) is 7.50. The molecule has 0 amide bonds. The Kier molecular flexibility index (Phi) is 6.59. The van der Waals surface area contributed by atoms with Crippen molar-refractivity contribution in [3.8, 4) is 0 Å². The van der Waals surface area contributed by atoms with Gasteiger partial charge in [0.1, 0.15) is 12.2 Å². The van der Waals surface area contributed by atoms with Crippen LogP contribution in [0.2, 0.25) is 0 Å². The zero-order chi connectivity index (χ0) is 10.9. The quantitative estimate of drug-likeness (QED) is 0.332. The molecule has 1 fully saturated rings. The van der Waals surface area contributed by atoms with Gasteiger partial charge in [0.15, 0.2) is 0 Å². The van der Waals surface area contributed by atoms with Crippen LogP contribution in [0.1, 0.15) is 12.8 Å². The summed E-state index contributed by atoms with van der Waals surface area (Å²) in [6.07, 6.45) is 3.48. The average molecular weight is 216 g/mol. The van der Waals surface area contributed by atoms with E-state index in [2.05, 4.69) is 6.58 Å². The molecule has 2 unspecified atom stereocenters. The number of ether oxygens (including phenoxy) is 3. The van der Waals surface area contributed by atoms with Crippen LogP contribution in [0.5, 0.6) is 0 Å². The molecule has 0 aromatic heterocycles. The number of rotatable bonds is 10. The Balaban J connectivity index is 1.79. The van der Waals surface area contributed by atoms with Crippen LogP contribution < -0.4 is 0 Å². The molecule has 0 spiro atoms. The van der Waals surface area contributed by atoms with Crippen molar-refractivity contribution >= 4 is 0 Å². The Morgan fingerprint density at radius 1 is 1.47 bits per heavy atom. The van der Waals surface area contributed by atoms with Gasteiger partial charge in [-0.1, -0.05) is 6.08 Å². The number of aliphatic hydroxyl groups excluding tert-OH is 1. The molecule has 1 rings (SSSR count). The molecule has 2 atom stereocenters. The fourth-order valence-corrected chi connectivity index (χ4v) is 1.10. The predicted molar refractivity (Wildman–Crippen MR) is 56.8 cm³/mol. The number of hydrogen-bond acceptors (Lipinski definition) is 4. The van der Waals surface area contributed by atoms with Gasteiger partial charge in [-0.2, -0.15) is 0 Å². The summed E-state index contributed by atoms with van der Waals surface area (Å²) in [6.45, 7) is 6.30. The van der Waals surface area contributed by atoms with Crippen LogP contribution in [0.25, 0.3) is 0 Å². The molecule has 15 heavy (non-hydrogen) atoms. The van der Waals surface area contributed by atoms with Gasteiger partial charge in [0.05, 0.1) is 26.4 Å². The van der Waals surface area contributed by atoms with E-state index in [-0.39, 0.29) is 6.10 Å². The Hall–Kier alpha value is -0.420. The summed E-state index contributed by atoms with van der Waals surface area (Å²) in [5.41, 5.74) is 0. The summed E-state index contributed by atoms with van der Waals surface area (Å²) in [7, 11) is 0. The normalized spacial score (nSPS) is 21.3. The van der Waals surface area contributed by atoms with Crippen molar-refractivity contribution in [2.24, 2.45) is 0 Å². The van der Waals surface area contributed by atoms with Crippen molar-refractivity contribution in [1.29, 1.82) is 0 Å². The molecule has 1 N–H and O–H groups in total. The number of unbranched alkanes of at least 4 members (excludes halogenated alkanes) is 1. The van der Waals surface area contributed by atoms with Crippen LogP contribution in [0.4, 0.5) is 0 Å². The van der Waals surface area contributed by atoms with Gasteiger partial charge < -0.3 is 19.3 Å². The molecule has 1 aliphatic rings. The lowest BCUT2D eigenvalue weighted by atomic mass is 10.3. The van der Waals surface area contributed by atoms with E-state index >= 15 is 0 Å². The Labute approximate surface area is 90.8 Å². The predicted octanol–water partition coefficient (Wildman–Crippen LogP) is 0.745. The molecular weight excluding hydrogens is 196 g/mol. The highest BCUT2D eigenvalue weighted by Crippen LogP contribution is 2.08. The average Bonchev–Trinajstić information content (AvgIpc) is 3.01. The molecule has 4 heteroatoms. The second-order valence-electron chi connectivity index (χ2n) is 3.65. The number of aliphatic hydroxyl groups is 1.